The summed E-state index contributed by atoms with van der Waals surface area (Å²) >= 11 is 0. The van der Waals surface area contributed by atoms with Gasteiger partial charge in [-0.15, -0.1) is 0 Å². The molecule has 0 radical (unpaired) electrons. The minimum atomic E-state index is -0.464. The summed E-state index contributed by atoms with van der Waals surface area (Å²) in [5.41, 5.74) is 4.63. The van der Waals surface area contributed by atoms with Gasteiger partial charge in [0.2, 0.25) is 0 Å². The van der Waals surface area contributed by atoms with E-state index in [1.54, 1.807) is 19.1 Å². The van der Waals surface area contributed by atoms with E-state index < -0.39 is 11.7 Å². The molecule has 1 amide bonds. The third-order valence-electron chi connectivity index (χ3n) is 5.89. The molecule has 5 rings (SSSR count). The van der Waals surface area contributed by atoms with Crippen molar-refractivity contribution in [3.8, 4) is 11.3 Å². The number of aryl methyl sites for hydroxylation is 2. The van der Waals surface area contributed by atoms with Crippen LogP contribution in [0.4, 0.5) is 15.8 Å². The van der Waals surface area contributed by atoms with Crippen LogP contribution in [0.2, 0.25) is 0 Å². The van der Waals surface area contributed by atoms with Gasteiger partial charge >= 0.3 is 0 Å². The molecule has 7 heteroatoms. The zero-order valence-corrected chi connectivity index (χ0v) is 18.0. The van der Waals surface area contributed by atoms with Crippen LogP contribution in [0.5, 0.6) is 0 Å². The standard InChI is InChI=1S/C25H23FN4O2/c1-15-8-10-17(11-9-15)20-14-18(22-16(2)29-32-25(22)27-20)24(31)28-23-19(26)6-5-7-21(23)30-12-3-4-13-30/h5-11,14H,3-4,12-13H2,1-2H3,(H,28,31). The Morgan fingerprint density at radius 2 is 1.84 bits per heavy atom. The molecule has 0 saturated carbocycles. The molecule has 1 saturated heterocycles. The van der Waals surface area contributed by atoms with Crippen molar-refractivity contribution in [1.82, 2.24) is 10.1 Å². The van der Waals surface area contributed by atoms with Crippen LogP contribution in [0, 0.1) is 19.7 Å². The van der Waals surface area contributed by atoms with Crippen LogP contribution in [0.1, 0.15) is 34.5 Å². The molecule has 1 N–H and O–H groups in total. The molecule has 4 aromatic rings. The van der Waals surface area contributed by atoms with Crippen molar-refractivity contribution < 1.29 is 13.7 Å². The third kappa shape index (κ3) is 3.60. The average Bonchev–Trinajstić information content (AvgIpc) is 3.45. The first-order valence-corrected chi connectivity index (χ1v) is 10.7. The van der Waals surface area contributed by atoms with E-state index in [0.717, 1.165) is 37.1 Å². The van der Waals surface area contributed by atoms with E-state index in [-0.39, 0.29) is 11.4 Å². The molecule has 2 aromatic carbocycles. The van der Waals surface area contributed by atoms with Crippen molar-refractivity contribution in [2.45, 2.75) is 26.7 Å². The van der Waals surface area contributed by atoms with Gasteiger partial charge in [0, 0.05) is 18.7 Å². The summed E-state index contributed by atoms with van der Waals surface area (Å²) in [6.07, 6.45) is 2.10. The van der Waals surface area contributed by atoms with E-state index in [2.05, 4.69) is 20.4 Å². The molecule has 6 nitrogen and oxygen atoms in total. The summed E-state index contributed by atoms with van der Waals surface area (Å²) in [5.74, 6) is -0.892. The Kier molecular flexibility index (Phi) is 5.09. The quantitative estimate of drug-likeness (QED) is 0.463. The van der Waals surface area contributed by atoms with E-state index in [4.69, 9.17) is 4.52 Å². The Morgan fingerprint density at radius 1 is 1.09 bits per heavy atom. The highest BCUT2D eigenvalue weighted by Gasteiger charge is 2.23. The first kappa shape index (κ1) is 20.2. The highest BCUT2D eigenvalue weighted by atomic mass is 19.1. The Hall–Kier alpha value is -3.74. The van der Waals surface area contributed by atoms with Gasteiger partial charge in [-0.25, -0.2) is 9.37 Å². The summed E-state index contributed by atoms with van der Waals surface area (Å²) in [7, 11) is 0. The fourth-order valence-corrected chi connectivity index (χ4v) is 4.18. The number of anilines is 2. The van der Waals surface area contributed by atoms with E-state index in [0.29, 0.717) is 28.0 Å². The number of rotatable bonds is 4. The summed E-state index contributed by atoms with van der Waals surface area (Å²) in [5, 5.41) is 7.33. The number of fused-ring (bicyclic) bond motifs is 1. The zero-order chi connectivity index (χ0) is 22.2. The summed E-state index contributed by atoms with van der Waals surface area (Å²) in [6.45, 7) is 5.45. The molecule has 32 heavy (non-hydrogen) atoms. The topological polar surface area (TPSA) is 71.3 Å². The first-order chi connectivity index (χ1) is 15.5. The van der Waals surface area contributed by atoms with Crippen LogP contribution in [-0.4, -0.2) is 29.1 Å². The van der Waals surface area contributed by atoms with Gasteiger partial charge in [-0.3, -0.25) is 4.79 Å². The van der Waals surface area contributed by atoms with Gasteiger partial charge in [-0.2, -0.15) is 0 Å². The van der Waals surface area contributed by atoms with Crippen LogP contribution >= 0.6 is 0 Å². The van der Waals surface area contributed by atoms with Crippen molar-refractivity contribution in [2.75, 3.05) is 23.3 Å². The Morgan fingerprint density at radius 3 is 2.59 bits per heavy atom. The van der Waals surface area contributed by atoms with Gasteiger partial charge in [0.15, 0.2) is 0 Å². The molecular formula is C25H23FN4O2. The van der Waals surface area contributed by atoms with Gasteiger partial charge in [0.1, 0.15) is 11.5 Å². The number of carbonyl (C=O) groups is 1. The van der Waals surface area contributed by atoms with Crippen molar-refractivity contribution >= 4 is 28.4 Å². The molecule has 2 aromatic heterocycles. The number of halogens is 1. The van der Waals surface area contributed by atoms with Crippen molar-refractivity contribution in [3.63, 3.8) is 0 Å². The largest absolute Gasteiger partial charge is 0.370 e. The summed E-state index contributed by atoms with van der Waals surface area (Å²) in [6, 6.07) is 14.4. The zero-order valence-electron chi connectivity index (χ0n) is 18.0. The van der Waals surface area contributed by atoms with Gasteiger partial charge in [0.25, 0.3) is 11.6 Å². The highest BCUT2D eigenvalue weighted by molar-refractivity contribution is 6.14. The maximum absolute atomic E-state index is 14.8. The second kappa shape index (κ2) is 8.07. The molecule has 0 atom stereocenters. The van der Waals surface area contributed by atoms with Crippen LogP contribution in [-0.2, 0) is 0 Å². The predicted molar refractivity (Wildman–Crippen MR) is 123 cm³/mol. The SMILES string of the molecule is Cc1ccc(-c2cc(C(=O)Nc3c(F)cccc3N3CCCC3)c3c(C)noc3n2)cc1. The monoisotopic (exact) mass is 430 g/mol. The number of pyridine rings is 1. The molecule has 1 aliphatic heterocycles. The smallest absolute Gasteiger partial charge is 0.259 e. The summed E-state index contributed by atoms with van der Waals surface area (Å²) < 4.78 is 20.2. The molecule has 1 fully saturated rings. The Balaban J connectivity index is 1.58. The number of hydrogen-bond acceptors (Lipinski definition) is 5. The number of amides is 1. The normalized spacial score (nSPS) is 13.7. The number of nitrogens with zero attached hydrogens (tertiary/aromatic N) is 3. The lowest BCUT2D eigenvalue weighted by atomic mass is 10.0. The maximum atomic E-state index is 14.8. The second-order valence-electron chi connectivity index (χ2n) is 8.15. The predicted octanol–water partition coefficient (Wildman–Crippen LogP) is 5.50. The number of benzene rings is 2. The molecule has 1 aliphatic rings. The molecule has 162 valence electrons. The van der Waals surface area contributed by atoms with Gasteiger partial charge in [0.05, 0.1) is 28.0 Å². The minimum absolute atomic E-state index is 0.190. The molecular weight excluding hydrogens is 407 g/mol. The van der Waals surface area contributed by atoms with E-state index in [1.807, 2.05) is 37.3 Å². The van der Waals surface area contributed by atoms with Gasteiger partial charge in [-0.05, 0) is 44.9 Å². The Labute approximate surface area is 185 Å². The fraction of sp³-hybridized carbons (Fsp3) is 0.240. The van der Waals surface area contributed by atoms with Crippen LogP contribution in [0.15, 0.2) is 53.1 Å². The summed E-state index contributed by atoms with van der Waals surface area (Å²) in [4.78, 5) is 20.1. The van der Waals surface area contributed by atoms with Crippen LogP contribution in [0.3, 0.4) is 0 Å². The van der Waals surface area contributed by atoms with Crippen molar-refractivity contribution in [1.29, 1.82) is 0 Å². The number of aromatic nitrogens is 2. The number of nitrogens with one attached hydrogen (secondary N) is 1. The molecule has 0 spiro atoms. The first-order valence-electron chi connectivity index (χ1n) is 10.7. The second-order valence-corrected chi connectivity index (χ2v) is 8.15. The Bertz CT molecular complexity index is 1310. The van der Waals surface area contributed by atoms with Crippen molar-refractivity contribution in [2.24, 2.45) is 0 Å². The van der Waals surface area contributed by atoms with E-state index in [1.165, 1.54) is 6.07 Å². The lowest BCUT2D eigenvalue weighted by Crippen LogP contribution is -2.22. The van der Waals surface area contributed by atoms with Crippen LogP contribution in [0.25, 0.3) is 22.4 Å². The fourth-order valence-electron chi connectivity index (χ4n) is 4.18. The molecule has 0 aliphatic carbocycles. The average molecular weight is 430 g/mol. The lowest BCUT2D eigenvalue weighted by Gasteiger charge is -2.22. The van der Waals surface area contributed by atoms with Gasteiger partial charge in [-0.1, -0.05) is 41.1 Å². The minimum Gasteiger partial charge on any atom is -0.370 e. The lowest BCUT2D eigenvalue weighted by molar-refractivity contribution is 0.102. The molecule has 0 unspecified atom stereocenters. The molecule has 0 bridgehead atoms. The maximum Gasteiger partial charge on any atom is 0.259 e. The highest BCUT2D eigenvalue weighted by Crippen LogP contribution is 2.33. The number of hydrogen-bond donors (Lipinski definition) is 1. The van der Waals surface area contributed by atoms with E-state index >= 15 is 0 Å². The third-order valence-corrected chi connectivity index (χ3v) is 5.89. The van der Waals surface area contributed by atoms with Gasteiger partial charge < -0.3 is 14.7 Å². The van der Waals surface area contributed by atoms with Crippen molar-refractivity contribution in [3.05, 3.63) is 71.2 Å². The number of para-hydroxylation sites is 1. The van der Waals surface area contributed by atoms with E-state index in [9.17, 15) is 9.18 Å². The molecule has 3 heterocycles. The number of carbonyl (C=O) groups excluding carboxylic acids is 1. The van der Waals surface area contributed by atoms with Crippen LogP contribution < -0.4 is 10.2 Å².